The lowest BCUT2D eigenvalue weighted by Crippen LogP contribution is -2.50. The minimum absolute atomic E-state index is 0.142. The fourth-order valence-electron chi connectivity index (χ4n) is 3.07. The van der Waals surface area contributed by atoms with Crippen molar-refractivity contribution in [3.63, 3.8) is 0 Å². The van der Waals surface area contributed by atoms with E-state index in [2.05, 4.69) is 0 Å². The van der Waals surface area contributed by atoms with Gasteiger partial charge < -0.3 is 14.7 Å². The summed E-state index contributed by atoms with van der Waals surface area (Å²) in [6.45, 7) is 3.15. The molecule has 1 N–H and O–H groups in total. The Morgan fingerprint density at radius 3 is 2.74 bits per heavy atom. The van der Waals surface area contributed by atoms with E-state index in [1.807, 2.05) is 11.0 Å². The van der Waals surface area contributed by atoms with Gasteiger partial charge in [-0.25, -0.2) is 0 Å². The van der Waals surface area contributed by atoms with Gasteiger partial charge in [-0.2, -0.15) is 0 Å². The predicted molar refractivity (Wildman–Crippen MR) is 71.3 cm³/mol. The van der Waals surface area contributed by atoms with Gasteiger partial charge in [-0.05, 0) is 24.5 Å². The van der Waals surface area contributed by atoms with Gasteiger partial charge in [-0.15, -0.1) is 0 Å². The van der Waals surface area contributed by atoms with Crippen molar-refractivity contribution in [1.29, 1.82) is 0 Å². The van der Waals surface area contributed by atoms with Crippen LogP contribution in [-0.2, 0) is 11.2 Å². The molecule has 3 rings (SSSR count). The Labute approximate surface area is 113 Å². The van der Waals surface area contributed by atoms with E-state index in [0.717, 1.165) is 50.1 Å². The lowest BCUT2D eigenvalue weighted by Gasteiger charge is -2.44. The second kappa shape index (κ2) is 4.44. The largest absolute Gasteiger partial charge is 0.508 e. The van der Waals surface area contributed by atoms with Crippen LogP contribution < -0.4 is 4.74 Å². The van der Waals surface area contributed by atoms with Crippen molar-refractivity contribution in [2.45, 2.75) is 38.2 Å². The Hall–Kier alpha value is -1.71. The molecule has 4 heteroatoms. The van der Waals surface area contributed by atoms with Crippen molar-refractivity contribution in [3.8, 4) is 11.5 Å². The van der Waals surface area contributed by atoms with Crippen LogP contribution in [0.1, 0.15) is 31.7 Å². The molecule has 4 nitrogen and oxygen atoms in total. The highest BCUT2D eigenvalue weighted by molar-refractivity contribution is 5.73. The molecular weight excluding hydrogens is 242 g/mol. The maximum Gasteiger partial charge on any atom is 0.219 e. The molecule has 1 amide bonds. The highest BCUT2D eigenvalue weighted by Gasteiger charge is 2.39. The number of carbonyl (C=O) groups excluding carboxylic acids is 1. The summed E-state index contributed by atoms with van der Waals surface area (Å²) >= 11 is 0. The second-order valence-corrected chi connectivity index (χ2v) is 5.58. The number of likely N-dealkylation sites (tertiary alicyclic amines) is 1. The number of hydrogen-bond acceptors (Lipinski definition) is 3. The molecule has 1 fully saturated rings. The third kappa shape index (κ3) is 2.27. The van der Waals surface area contributed by atoms with Crippen LogP contribution in [0.5, 0.6) is 11.5 Å². The van der Waals surface area contributed by atoms with Crippen molar-refractivity contribution >= 4 is 5.91 Å². The van der Waals surface area contributed by atoms with Crippen LogP contribution in [0.4, 0.5) is 0 Å². The summed E-state index contributed by atoms with van der Waals surface area (Å²) in [4.78, 5) is 13.2. The molecule has 1 saturated heterocycles. The maximum absolute atomic E-state index is 11.4. The smallest absolute Gasteiger partial charge is 0.219 e. The lowest BCUT2D eigenvalue weighted by molar-refractivity contribution is -0.132. The lowest BCUT2D eigenvalue weighted by atomic mass is 9.83. The quantitative estimate of drug-likeness (QED) is 0.778. The SMILES string of the molecule is CC(=O)N1CCC2(CCc3ccc(O)cc3O2)CC1. The minimum Gasteiger partial charge on any atom is -0.508 e. The monoisotopic (exact) mass is 261 g/mol. The number of aromatic hydroxyl groups is 1. The number of ether oxygens (including phenoxy) is 1. The first-order valence-corrected chi connectivity index (χ1v) is 6.84. The number of benzene rings is 1. The molecule has 0 radical (unpaired) electrons. The molecule has 2 aliphatic rings. The minimum atomic E-state index is -0.146. The van der Waals surface area contributed by atoms with Crippen LogP contribution in [0, 0.1) is 0 Å². The number of hydrogen-bond donors (Lipinski definition) is 1. The van der Waals surface area contributed by atoms with E-state index in [-0.39, 0.29) is 17.3 Å². The predicted octanol–water partition coefficient (Wildman–Crippen LogP) is 2.10. The molecule has 0 saturated carbocycles. The van der Waals surface area contributed by atoms with Gasteiger partial charge in [0, 0.05) is 38.9 Å². The Balaban J connectivity index is 1.76. The number of nitrogens with zero attached hydrogens (tertiary/aromatic N) is 1. The highest BCUT2D eigenvalue weighted by Crippen LogP contribution is 2.40. The van der Waals surface area contributed by atoms with Crippen molar-refractivity contribution in [1.82, 2.24) is 4.90 Å². The third-order valence-corrected chi connectivity index (χ3v) is 4.35. The van der Waals surface area contributed by atoms with Gasteiger partial charge in [0.05, 0.1) is 0 Å². The summed E-state index contributed by atoms with van der Waals surface area (Å²) in [6, 6.07) is 5.34. The molecule has 0 aliphatic carbocycles. The van der Waals surface area contributed by atoms with Crippen molar-refractivity contribution < 1.29 is 14.6 Å². The molecule has 2 heterocycles. The number of aryl methyl sites for hydroxylation is 1. The normalized spacial score (nSPS) is 20.8. The summed E-state index contributed by atoms with van der Waals surface area (Å²) in [5.74, 6) is 1.20. The first-order chi connectivity index (χ1) is 9.08. The van der Waals surface area contributed by atoms with E-state index in [9.17, 15) is 9.90 Å². The van der Waals surface area contributed by atoms with Gasteiger partial charge in [-0.3, -0.25) is 4.79 Å². The van der Waals surface area contributed by atoms with E-state index in [4.69, 9.17) is 4.74 Å². The summed E-state index contributed by atoms with van der Waals surface area (Å²) in [5, 5.41) is 9.56. The molecule has 2 aliphatic heterocycles. The molecule has 0 bridgehead atoms. The maximum atomic E-state index is 11.4. The second-order valence-electron chi connectivity index (χ2n) is 5.58. The van der Waals surface area contributed by atoms with E-state index in [1.54, 1.807) is 19.1 Å². The Kier molecular flexibility index (Phi) is 2.88. The van der Waals surface area contributed by atoms with Crippen LogP contribution in [-0.4, -0.2) is 34.6 Å². The average Bonchev–Trinajstić information content (AvgIpc) is 2.38. The van der Waals surface area contributed by atoms with Crippen molar-refractivity contribution in [2.24, 2.45) is 0 Å². The van der Waals surface area contributed by atoms with Gasteiger partial charge in [0.25, 0.3) is 0 Å². The first-order valence-electron chi connectivity index (χ1n) is 6.84. The van der Waals surface area contributed by atoms with Crippen LogP contribution in [0.15, 0.2) is 18.2 Å². The van der Waals surface area contributed by atoms with Gasteiger partial charge in [-0.1, -0.05) is 6.07 Å². The van der Waals surface area contributed by atoms with Gasteiger partial charge >= 0.3 is 0 Å². The Morgan fingerprint density at radius 2 is 2.05 bits per heavy atom. The fraction of sp³-hybridized carbons (Fsp3) is 0.533. The van der Waals surface area contributed by atoms with E-state index in [0.29, 0.717) is 0 Å². The number of piperidine rings is 1. The number of carbonyl (C=O) groups is 1. The third-order valence-electron chi connectivity index (χ3n) is 4.35. The molecule has 19 heavy (non-hydrogen) atoms. The number of rotatable bonds is 0. The summed E-state index contributed by atoms with van der Waals surface area (Å²) in [5.41, 5.74) is 1.02. The summed E-state index contributed by atoms with van der Waals surface area (Å²) in [6.07, 6.45) is 3.73. The van der Waals surface area contributed by atoms with Gasteiger partial charge in [0.2, 0.25) is 5.91 Å². The zero-order valence-corrected chi connectivity index (χ0v) is 11.2. The van der Waals surface area contributed by atoms with Gasteiger partial charge in [0.1, 0.15) is 17.1 Å². The Morgan fingerprint density at radius 1 is 1.32 bits per heavy atom. The molecule has 0 atom stereocenters. The number of amides is 1. The number of phenols is 1. The van der Waals surface area contributed by atoms with Gasteiger partial charge in [0.15, 0.2) is 0 Å². The Bertz CT molecular complexity index is 504. The average molecular weight is 261 g/mol. The van der Waals surface area contributed by atoms with Crippen LogP contribution >= 0.6 is 0 Å². The van der Waals surface area contributed by atoms with Crippen molar-refractivity contribution in [3.05, 3.63) is 23.8 Å². The first kappa shape index (κ1) is 12.3. The van der Waals surface area contributed by atoms with E-state index < -0.39 is 0 Å². The zero-order valence-electron chi connectivity index (χ0n) is 11.2. The molecule has 0 aromatic heterocycles. The van der Waals surface area contributed by atoms with Crippen molar-refractivity contribution in [2.75, 3.05) is 13.1 Å². The zero-order chi connectivity index (χ0) is 13.5. The number of fused-ring (bicyclic) bond motifs is 1. The molecule has 1 aromatic rings. The molecule has 0 unspecified atom stereocenters. The molecular formula is C15H19NO3. The van der Waals surface area contributed by atoms with Crippen LogP contribution in [0.3, 0.4) is 0 Å². The fourth-order valence-corrected chi connectivity index (χ4v) is 3.07. The molecule has 102 valence electrons. The summed E-state index contributed by atoms with van der Waals surface area (Å²) < 4.78 is 6.17. The highest BCUT2D eigenvalue weighted by atomic mass is 16.5. The molecule has 1 aromatic carbocycles. The van der Waals surface area contributed by atoms with Crippen LogP contribution in [0.2, 0.25) is 0 Å². The topological polar surface area (TPSA) is 49.8 Å². The summed E-state index contributed by atoms with van der Waals surface area (Å²) in [7, 11) is 0. The van der Waals surface area contributed by atoms with Crippen LogP contribution in [0.25, 0.3) is 0 Å². The molecule has 1 spiro atoms. The van der Waals surface area contributed by atoms with E-state index in [1.165, 1.54) is 0 Å². The number of phenolic OH excluding ortho intramolecular Hbond substituents is 1. The standard InChI is InChI=1S/C15H19NO3/c1-11(17)16-8-6-15(7-9-16)5-4-12-2-3-13(18)10-14(12)19-15/h2-3,10,18H,4-9H2,1H3. The van der Waals surface area contributed by atoms with E-state index >= 15 is 0 Å².